The Morgan fingerprint density at radius 3 is 2.58 bits per heavy atom. The van der Waals surface area contributed by atoms with Crippen LogP contribution < -0.4 is 10.5 Å². The molecule has 0 amide bonds. The van der Waals surface area contributed by atoms with Crippen molar-refractivity contribution < 1.29 is 27.8 Å². The Kier molecular flexibility index (Phi) is 4.77. The van der Waals surface area contributed by atoms with Crippen LogP contribution >= 0.6 is 0 Å². The summed E-state index contributed by atoms with van der Waals surface area (Å²) < 4.78 is 43.6. The average Bonchev–Trinajstić information content (AvgIpc) is 2.33. The van der Waals surface area contributed by atoms with E-state index in [1.807, 2.05) is 0 Å². The Balaban J connectivity index is 3.18. The van der Waals surface area contributed by atoms with Crippen molar-refractivity contribution in [3.05, 3.63) is 29.3 Å². The van der Waals surface area contributed by atoms with Gasteiger partial charge in [-0.1, -0.05) is 6.07 Å². The summed E-state index contributed by atoms with van der Waals surface area (Å²) in [4.78, 5) is 10.5. The number of nitrogens with two attached hydrogens (primary N) is 1. The Bertz CT molecular complexity index is 460. The van der Waals surface area contributed by atoms with E-state index in [0.29, 0.717) is 0 Å². The maximum atomic E-state index is 12.9. The van der Waals surface area contributed by atoms with Crippen molar-refractivity contribution in [3.63, 3.8) is 0 Å². The predicted octanol–water partition coefficient (Wildman–Crippen LogP) is 2.58. The molecule has 1 aromatic rings. The van der Waals surface area contributed by atoms with E-state index < -0.39 is 23.8 Å². The molecular formula is C12H14F3NO3. The van der Waals surface area contributed by atoms with Crippen LogP contribution in [0.25, 0.3) is 0 Å². The van der Waals surface area contributed by atoms with E-state index in [1.54, 1.807) is 0 Å². The second kappa shape index (κ2) is 5.92. The summed E-state index contributed by atoms with van der Waals surface area (Å²) in [5.41, 5.74) is 4.57. The summed E-state index contributed by atoms with van der Waals surface area (Å²) in [5.74, 6) is -1.10. The van der Waals surface area contributed by atoms with Crippen molar-refractivity contribution in [1.29, 1.82) is 0 Å². The van der Waals surface area contributed by atoms with E-state index in [1.165, 1.54) is 19.2 Å². The van der Waals surface area contributed by atoms with Crippen LogP contribution in [0.4, 0.5) is 13.2 Å². The number of aliphatic carboxylic acids is 1. The molecule has 0 aromatic heterocycles. The minimum atomic E-state index is -4.56. The molecule has 4 nitrogen and oxygen atoms in total. The Morgan fingerprint density at radius 2 is 2.11 bits per heavy atom. The molecule has 0 saturated heterocycles. The maximum absolute atomic E-state index is 12.9. The van der Waals surface area contributed by atoms with Gasteiger partial charge in [0.15, 0.2) is 0 Å². The molecule has 0 aliphatic heterocycles. The number of methoxy groups -OCH3 is 1. The first-order chi connectivity index (χ1) is 8.77. The van der Waals surface area contributed by atoms with Gasteiger partial charge >= 0.3 is 12.1 Å². The van der Waals surface area contributed by atoms with Gasteiger partial charge in [-0.05, 0) is 18.6 Å². The Labute approximate surface area is 108 Å². The van der Waals surface area contributed by atoms with E-state index in [0.717, 1.165) is 6.07 Å². The Hall–Kier alpha value is -1.76. The van der Waals surface area contributed by atoms with Crippen molar-refractivity contribution in [2.75, 3.05) is 7.11 Å². The number of carbonyl (C=O) groups is 1. The summed E-state index contributed by atoms with van der Waals surface area (Å²) >= 11 is 0. The molecule has 1 aromatic carbocycles. The zero-order valence-electron chi connectivity index (χ0n) is 10.2. The summed E-state index contributed by atoms with van der Waals surface area (Å²) in [5, 5.41) is 8.56. The monoisotopic (exact) mass is 277 g/mol. The lowest BCUT2D eigenvalue weighted by Crippen LogP contribution is -2.19. The van der Waals surface area contributed by atoms with Gasteiger partial charge in [0.1, 0.15) is 5.75 Å². The van der Waals surface area contributed by atoms with Crippen LogP contribution in [0.2, 0.25) is 0 Å². The first-order valence-electron chi connectivity index (χ1n) is 5.48. The van der Waals surface area contributed by atoms with Crippen LogP contribution in [0.5, 0.6) is 5.75 Å². The molecule has 3 N–H and O–H groups in total. The van der Waals surface area contributed by atoms with Gasteiger partial charge in [0.05, 0.1) is 12.7 Å². The fourth-order valence-electron chi connectivity index (χ4n) is 1.77. The molecule has 0 radical (unpaired) electrons. The number of hydrogen-bond acceptors (Lipinski definition) is 3. The van der Waals surface area contributed by atoms with Gasteiger partial charge in [-0.15, -0.1) is 0 Å². The number of hydrogen-bond donors (Lipinski definition) is 2. The highest BCUT2D eigenvalue weighted by Gasteiger charge is 2.36. The molecule has 0 aliphatic carbocycles. The second-order valence-electron chi connectivity index (χ2n) is 3.96. The molecule has 1 unspecified atom stereocenters. The third-order valence-electron chi connectivity index (χ3n) is 2.63. The molecule has 0 fully saturated rings. The van der Waals surface area contributed by atoms with E-state index in [-0.39, 0.29) is 24.2 Å². The third kappa shape index (κ3) is 3.85. The lowest BCUT2D eigenvalue weighted by Gasteiger charge is -2.20. The number of carboxylic acids is 1. The standard InChI is InChI=1S/C12H14F3NO3/c1-19-9-4-2-3-7(12(13,14)15)11(9)8(16)5-6-10(17)18/h2-4,8H,5-6,16H2,1H3,(H,17,18). The summed E-state index contributed by atoms with van der Waals surface area (Å²) in [7, 11) is 1.24. The highest BCUT2D eigenvalue weighted by Crippen LogP contribution is 2.39. The zero-order chi connectivity index (χ0) is 14.6. The predicted molar refractivity (Wildman–Crippen MR) is 61.8 cm³/mol. The maximum Gasteiger partial charge on any atom is 0.416 e. The number of benzene rings is 1. The fraction of sp³-hybridized carbons (Fsp3) is 0.417. The van der Waals surface area contributed by atoms with Gasteiger partial charge in [-0.3, -0.25) is 4.79 Å². The normalized spacial score (nSPS) is 13.1. The molecule has 7 heteroatoms. The number of ether oxygens (including phenoxy) is 1. The van der Waals surface area contributed by atoms with Crippen LogP contribution in [0.3, 0.4) is 0 Å². The van der Waals surface area contributed by atoms with Crippen molar-refractivity contribution >= 4 is 5.97 Å². The minimum absolute atomic E-state index is 0.00714. The summed E-state index contributed by atoms with van der Waals surface area (Å²) in [6, 6.07) is 2.43. The molecule has 106 valence electrons. The number of halogens is 3. The van der Waals surface area contributed by atoms with Crippen molar-refractivity contribution in [1.82, 2.24) is 0 Å². The molecule has 1 rings (SSSR count). The lowest BCUT2D eigenvalue weighted by molar-refractivity contribution is -0.138. The molecule has 0 aliphatic rings. The van der Waals surface area contributed by atoms with E-state index >= 15 is 0 Å². The van der Waals surface area contributed by atoms with Crippen LogP contribution in [0, 0.1) is 0 Å². The molecule has 19 heavy (non-hydrogen) atoms. The van der Waals surface area contributed by atoms with E-state index in [2.05, 4.69) is 0 Å². The van der Waals surface area contributed by atoms with Gasteiger partial charge in [0.25, 0.3) is 0 Å². The number of carboxylic acid groups (broad SMARTS) is 1. The molecule has 0 heterocycles. The van der Waals surface area contributed by atoms with Gasteiger partial charge in [0, 0.05) is 18.0 Å². The smallest absolute Gasteiger partial charge is 0.416 e. The van der Waals surface area contributed by atoms with Crippen molar-refractivity contribution in [2.24, 2.45) is 5.73 Å². The molecule has 0 spiro atoms. The SMILES string of the molecule is COc1cccc(C(F)(F)F)c1C(N)CCC(=O)O. The van der Waals surface area contributed by atoms with Crippen LogP contribution in [0.15, 0.2) is 18.2 Å². The first kappa shape index (κ1) is 15.3. The molecular weight excluding hydrogens is 263 g/mol. The molecule has 0 bridgehead atoms. The van der Waals surface area contributed by atoms with Crippen LogP contribution in [0.1, 0.15) is 30.0 Å². The second-order valence-corrected chi connectivity index (χ2v) is 3.96. The summed E-state index contributed by atoms with van der Waals surface area (Å²) in [6.07, 6.45) is -4.97. The average molecular weight is 277 g/mol. The van der Waals surface area contributed by atoms with Crippen molar-refractivity contribution in [2.45, 2.75) is 25.1 Å². The van der Waals surface area contributed by atoms with Crippen LogP contribution in [-0.2, 0) is 11.0 Å². The van der Waals surface area contributed by atoms with Crippen molar-refractivity contribution in [3.8, 4) is 5.75 Å². The zero-order valence-corrected chi connectivity index (χ0v) is 10.2. The highest BCUT2D eigenvalue weighted by atomic mass is 19.4. The lowest BCUT2D eigenvalue weighted by atomic mass is 9.96. The Morgan fingerprint density at radius 1 is 1.47 bits per heavy atom. The van der Waals surface area contributed by atoms with E-state index in [4.69, 9.17) is 15.6 Å². The van der Waals surface area contributed by atoms with Gasteiger partial charge < -0.3 is 15.6 Å². The van der Waals surface area contributed by atoms with Gasteiger partial charge in [0.2, 0.25) is 0 Å². The highest BCUT2D eigenvalue weighted by molar-refractivity contribution is 5.66. The quantitative estimate of drug-likeness (QED) is 0.867. The molecule has 0 saturated carbocycles. The molecule has 1 atom stereocenters. The third-order valence-corrected chi connectivity index (χ3v) is 2.63. The van der Waals surface area contributed by atoms with Crippen LogP contribution in [-0.4, -0.2) is 18.2 Å². The van der Waals surface area contributed by atoms with Gasteiger partial charge in [-0.2, -0.15) is 13.2 Å². The largest absolute Gasteiger partial charge is 0.496 e. The van der Waals surface area contributed by atoms with E-state index in [9.17, 15) is 18.0 Å². The first-order valence-corrected chi connectivity index (χ1v) is 5.48. The number of alkyl halides is 3. The summed E-state index contributed by atoms with van der Waals surface area (Å²) in [6.45, 7) is 0. The van der Waals surface area contributed by atoms with Gasteiger partial charge in [-0.25, -0.2) is 0 Å². The topological polar surface area (TPSA) is 72.5 Å². The minimum Gasteiger partial charge on any atom is -0.496 e. The number of rotatable bonds is 5. The fourth-order valence-corrected chi connectivity index (χ4v) is 1.77.